The monoisotopic (exact) mass is 178 g/mol. The fourth-order valence-electron chi connectivity index (χ4n) is 1.51. The Kier molecular flexibility index (Phi) is 1.93. The van der Waals surface area contributed by atoms with E-state index in [0.717, 1.165) is 12.1 Å². The summed E-state index contributed by atoms with van der Waals surface area (Å²) in [6.07, 6.45) is 1.91. The third kappa shape index (κ3) is 1.64. The lowest BCUT2D eigenvalue weighted by Crippen LogP contribution is -2.15. The lowest BCUT2D eigenvalue weighted by molar-refractivity contribution is 0.623. The van der Waals surface area contributed by atoms with E-state index >= 15 is 0 Å². The molecule has 2 nitrogen and oxygen atoms in total. The highest BCUT2D eigenvalue weighted by molar-refractivity contribution is 5.28. The number of halogens is 1. The van der Waals surface area contributed by atoms with Crippen LogP contribution in [0.2, 0.25) is 0 Å². The van der Waals surface area contributed by atoms with Crippen LogP contribution in [0.3, 0.4) is 0 Å². The predicted octanol–water partition coefficient (Wildman–Crippen LogP) is 1.31. The molecule has 1 aromatic rings. The summed E-state index contributed by atoms with van der Waals surface area (Å²) in [6.45, 7) is 0.759. The molecule has 1 aliphatic heterocycles. The topological polar surface area (TPSA) is 38.0 Å². The summed E-state index contributed by atoms with van der Waals surface area (Å²) in [7, 11) is 0. The van der Waals surface area contributed by atoms with Crippen LogP contribution < -0.4 is 11.1 Å². The van der Waals surface area contributed by atoms with Gasteiger partial charge in [0.15, 0.2) is 0 Å². The van der Waals surface area contributed by atoms with Crippen molar-refractivity contribution in [3.8, 4) is 0 Å². The van der Waals surface area contributed by atoms with Crippen LogP contribution in [0.4, 0.5) is 4.39 Å². The molecule has 3 N–H and O–H groups in total. The largest absolute Gasteiger partial charge is 0.386 e. The molecule has 0 radical (unpaired) electrons. The van der Waals surface area contributed by atoms with Crippen LogP contribution in [-0.4, -0.2) is 6.54 Å². The summed E-state index contributed by atoms with van der Waals surface area (Å²) < 4.78 is 12.8. The van der Waals surface area contributed by atoms with Gasteiger partial charge in [-0.15, -0.1) is 0 Å². The Morgan fingerprint density at radius 2 is 2.31 bits per heavy atom. The average molecular weight is 178 g/mol. The van der Waals surface area contributed by atoms with E-state index in [2.05, 4.69) is 5.32 Å². The van der Waals surface area contributed by atoms with Crippen molar-refractivity contribution in [2.24, 2.45) is 5.73 Å². The van der Waals surface area contributed by atoms with E-state index in [4.69, 9.17) is 5.73 Å². The minimum absolute atomic E-state index is 0.198. The second kappa shape index (κ2) is 3.09. The minimum atomic E-state index is -0.198. The van der Waals surface area contributed by atoms with Crippen molar-refractivity contribution < 1.29 is 4.39 Å². The van der Waals surface area contributed by atoms with Crippen LogP contribution in [0.1, 0.15) is 11.5 Å². The van der Waals surface area contributed by atoms with Crippen molar-refractivity contribution >= 4 is 0 Å². The van der Waals surface area contributed by atoms with Gasteiger partial charge in [0.2, 0.25) is 0 Å². The van der Waals surface area contributed by atoms with E-state index in [1.165, 1.54) is 6.07 Å². The van der Waals surface area contributed by atoms with E-state index in [1.54, 1.807) is 12.1 Å². The molecule has 3 heteroatoms. The molecule has 0 spiro atoms. The van der Waals surface area contributed by atoms with Crippen molar-refractivity contribution in [3.05, 3.63) is 47.5 Å². The highest BCUT2D eigenvalue weighted by Gasteiger charge is 2.15. The quantitative estimate of drug-likeness (QED) is 0.680. The van der Waals surface area contributed by atoms with E-state index in [0.29, 0.717) is 5.82 Å². The number of benzene rings is 1. The summed E-state index contributed by atoms with van der Waals surface area (Å²) in [4.78, 5) is 0. The van der Waals surface area contributed by atoms with Gasteiger partial charge in [-0.25, -0.2) is 4.39 Å². The predicted molar refractivity (Wildman–Crippen MR) is 49.4 cm³/mol. The molecule has 1 aromatic carbocycles. The molecule has 0 aliphatic carbocycles. The first-order valence-corrected chi connectivity index (χ1v) is 4.22. The maximum absolute atomic E-state index is 12.8. The molecule has 1 heterocycles. The van der Waals surface area contributed by atoms with E-state index in [9.17, 15) is 4.39 Å². The third-order valence-electron chi connectivity index (χ3n) is 2.18. The van der Waals surface area contributed by atoms with E-state index in [-0.39, 0.29) is 11.7 Å². The van der Waals surface area contributed by atoms with Gasteiger partial charge < -0.3 is 11.1 Å². The standard InChI is InChI=1S/C10H11FN2/c11-9-3-1-2-7(4-9)8-5-10(12)13-6-8/h1-5,8,13H,6,12H2. The van der Waals surface area contributed by atoms with Crippen molar-refractivity contribution in [3.63, 3.8) is 0 Å². The Morgan fingerprint density at radius 1 is 1.46 bits per heavy atom. The van der Waals surface area contributed by atoms with Crippen LogP contribution >= 0.6 is 0 Å². The molecular weight excluding hydrogens is 167 g/mol. The van der Waals surface area contributed by atoms with Gasteiger partial charge in [0, 0.05) is 12.5 Å². The second-order valence-electron chi connectivity index (χ2n) is 3.16. The summed E-state index contributed by atoms with van der Waals surface area (Å²) in [5.41, 5.74) is 6.52. The fraction of sp³-hybridized carbons (Fsp3) is 0.200. The van der Waals surface area contributed by atoms with Crippen molar-refractivity contribution in [1.29, 1.82) is 0 Å². The van der Waals surface area contributed by atoms with Gasteiger partial charge in [0.25, 0.3) is 0 Å². The Morgan fingerprint density at radius 3 is 2.92 bits per heavy atom. The molecule has 1 atom stereocenters. The molecular formula is C10H11FN2. The van der Waals surface area contributed by atoms with Crippen molar-refractivity contribution in [2.75, 3.05) is 6.54 Å². The molecule has 0 fully saturated rings. The molecule has 0 bridgehead atoms. The number of hydrogen-bond donors (Lipinski definition) is 2. The molecule has 1 unspecified atom stereocenters. The molecule has 13 heavy (non-hydrogen) atoms. The second-order valence-corrected chi connectivity index (χ2v) is 3.16. The summed E-state index contributed by atoms with van der Waals surface area (Å²) >= 11 is 0. The van der Waals surface area contributed by atoms with Crippen molar-refractivity contribution in [2.45, 2.75) is 5.92 Å². The van der Waals surface area contributed by atoms with Crippen LogP contribution in [0, 0.1) is 5.82 Å². The Bertz CT molecular complexity index is 347. The normalized spacial score (nSPS) is 21.0. The lowest BCUT2D eigenvalue weighted by Gasteiger charge is -2.06. The zero-order chi connectivity index (χ0) is 9.26. The molecule has 0 saturated carbocycles. The highest BCUT2D eigenvalue weighted by atomic mass is 19.1. The van der Waals surface area contributed by atoms with E-state index in [1.807, 2.05) is 12.1 Å². The maximum Gasteiger partial charge on any atom is 0.123 e. The summed E-state index contributed by atoms with van der Waals surface area (Å²) in [5, 5.41) is 3.00. The first-order chi connectivity index (χ1) is 6.25. The molecule has 68 valence electrons. The highest BCUT2D eigenvalue weighted by Crippen LogP contribution is 2.21. The Balaban J connectivity index is 2.26. The molecule has 0 aromatic heterocycles. The van der Waals surface area contributed by atoms with Gasteiger partial charge in [-0.3, -0.25) is 0 Å². The maximum atomic E-state index is 12.8. The van der Waals surface area contributed by atoms with Crippen LogP contribution in [-0.2, 0) is 0 Å². The number of rotatable bonds is 1. The first-order valence-electron chi connectivity index (χ1n) is 4.22. The van der Waals surface area contributed by atoms with Gasteiger partial charge in [-0.1, -0.05) is 12.1 Å². The van der Waals surface area contributed by atoms with Gasteiger partial charge in [0.1, 0.15) is 5.82 Å². The number of hydrogen-bond acceptors (Lipinski definition) is 2. The van der Waals surface area contributed by atoms with Gasteiger partial charge in [0.05, 0.1) is 5.82 Å². The SMILES string of the molecule is NC1=CC(c2cccc(F)c2)CN1. The van der Waals surface area contributed by atoms with Crippen LogP contribution in [0.25, 0.3) is 0 Å². The van der Waals surface area contributed by atoms with Gasteiger partial charge >= 0.3 is 0 Å². The zero-order valence-corrected chi connectivity index (χ0v) is 7.13. The smallest absolute Gasteiger partial charge is 0.123 e. The summed E-state index contributed by atoms with van der Waals surface area (Å²) in [5.74, 6) is 0.682. The third-order valence-corrected chi connectivity index (χ3v) is 2.18. The number of nitrogens with one attached hydrogen (secondary N) is 1. The van der Waals surface area contributed by atoms with Crippen LogP contribution in [0.15, 0.2) is 36.2 Å². The minimum Gasteiger partial charge on any atom is -0.386 e. The van der Waals surface area contributed by atoms with Gasteiger partial charge in [-0.05, 0) is 23.8 Å². The molecule has 0 saturated heterocycles. The van der Waals surface area contributed by atoms with E-state index < -0.39 is 0 Å². The Hall–Kier alpha value is -1.51. The average Bonchev–Trinajstić information content (AvgIpc) is 2.52. The molecule has 0 amide bonds. The zero-order valence-electron chi connectivity index (χ0n) is 7.13. The first kappa shape index (κ1) is 8.10. The summed E-state index contributed by atoms with van der Waals surface area (Å²) in [6, 6.07) is 6.61. The molecule has 1 aliphatic rings. The number of nitrogens with two attached hydrogens (primary N) is 1. The fourth-order valence-corrected chi connectivity index (χ4v) is 1.51. The van der Waals surface area contributed by atoms with Gasteiger partial charge in [-0.2, -0.15) is 0 Å². The van der Waals surface area contributed by atoms with Crippen LogP contribution in [0.5, 0.6) is 0 Å². The Labute approximate surface area is 76.3 Å². The lowest BCUT2D eigenvalue weighted by atomic mass is 10.0. The molecule has 2 rings (SSSR count). The van der Waals surface area contributed by atoms with Crippen molar-refractivity contribution in [1.82, 2.24) is 5.32 Å².